The molecule has 5 heteroatoms. The van der Waals surface area contributed by atoms with Crippen molar-refractivity contribution >= 4 is 28.3 Å². The second kappa shape index (κ2) is 5.33. The monoisotopic (exact) mass is 350 g/mol. The maximum atomic E-state index is 13.5. The molecule has 2 aromatic heterocycles. The lowest BCUT2D eigenvalue weighted by Gasteiger charge is -2.10. The minimum absolute atomic E-state index is 0.284. The summed E-state index contributed by atoms with van der Waals surface area (Å²) in [7, 11) is 0. The number of halogens is 2. The number of fused-ring (bicyclic) bond motifs is 4. The molecule has 0 amide bonds. The van der Waals surface area contributed by atoms with E-state index in [0.717, 1.165) is 28.0 Å². The number of benzene rings is 2. The summed E-state index contributed by atoms with van der Waals surface area (Å²) in [5.74, 6) is 0.340. The first kappa shape index (κ1) is 14.5. The SMILES string of the molecule is Fc1ccc2oc(C3=NCc4ccc(Cl)cc4-n4cccc43)cc2c1. The summed E-state index contributed by atoms with van der Waals surface area (Å²) in [5, 5.41) is 1.40. The molecule has 3 heterocycles. The second-order valence-electron chi connectivity index (χ2n) is 5.99. The van der Waals surface area contributed by atoms with Gasteiger partial charge < -0.3 is 8.98 Å². The number of hydrogen-bond acceptors (Lipinski definition) is 2. The molecule has 4 aromatic rings. The van der Waals surface area contributed by atoms with Crippen molar-refractivity contribution in [2.75, 3.05) is 0 Å². The highest BCUT2D eigenvalue weighted by atomic mass is 35.5. The fourth-order valence-electron chi connectivity index (χ4n) is 3.26. The Morgan fingerprint density at radius 1 is 1.08 bits per heavy atom. The summed E-state index contributed by atoms with van der Waals surface area (Å²) in [6.45, 7) is 0.523. The largest absolute Gasteiger partial charge is 0.454 e. The molecule has 0 N–H and O–H groups in total. The molecule has 0 spiro atoms. The zero-order valence-corrected chi connectivity index (χ0v) is 13.8. The number of rotatable bonds is 1. The maximum absolute atomic E-state index is 13.5. The minimum Gasteiger partial charge on any atom is -0.454 e. The van der Waals surface area contributed by atoms with Crippen LogP contribution >= 0.6 is 11.6 Å². The van der Waals surface area contributed by atoms with E-state index in [9.17, 15) is 4.39 Å². The van der Waals surface area contributed by atoms with Gasteiger partial charge in [-0.25, -0.2) is 4.39 Å². The predicted molar refractivity (Wildman–Crippen MR) is 96.3 cm³/mol. The molecule has 1 aliphatic heterocycles. The number of aliphatic imine (C=N–C) groups is 1. The second-order valence-corrected chi connectivity index (χ2v) is 6.43. The van der Waals surface area contributed by atoms with Crippen molar-refractivity contribution in [2.24, 2.45) is 4.99 Å². The van der Waals surface area contributed by atoms with Crippen LogP contribution in [0, 0.1) is 5.82 Å². The Morgan fingerprint density at radius 3 is 2.92 bits per heavy atom. The first-order chi connectivity index (χ1) is 12.2. The van der Waals surface area contributed by atoms with Gasteiger partial charge in [0, 0.05) is 16.6 Å². The van der Waals surface area contributed by atoms with Crippen molar-refractivity contribution < 1.29 is 8.81 Å². The van der Waals surface area contributed by atoms with Crippen LogP contribution in [0.25, 0.3) is 16.7 Å². The third kappa shape index (κ3) is 2.29. The standard InChI is InChI=1S/C20H12ClFN2O/c21-14-4-3-12-11-23-20(16-2-1-7-24(16)17(12)10-14)19-9-13-8-15(22)5-6-18(13)25-19/h1-10H,11H2. The van der Waals surface area contributed by atoms with Crippen LogP contribution in [-0.4, -0.2) is 10.3 Å². The first-order valence-electron chi connectivity index (χ1n) is 7.89. The Labute approximate surface area is 148 Å². The van der Waals surface area contributed by atoms with Gasteiger partial charge in [-0.3, -0.25) is 4.99 Å². The van der Waals surface area contributed by atoms with Crippen molar-refractivity contribution in [3.05, 3.63) is 88.7 Å². The van der Waals surface area contributed by atoms with E-state index in [4.69, 9.17) is 21.0 Å². The van der Waals surface area contributed by atoms with Gasteiger partial charge >= 0.3 is 0 Å². The van der Waals surface area contributed by atoms with E-state index in [1.807, 2.05) is 42.6 Å². The van der Waals surface area contributed by atoms with Crippen molar-refractivity contribution in [1.29, 1.82) is 0 Å². The molecule has 1 aliphatic rings. The zero-order chi connectivity index (χ0) is 17.0. The highest BCUT2D eigenvalue weighted by molar-refractivity contribution is 6.30. The van der Waals surface area contributed by atoms with Gasteiger partial charge in [-0.1, -0.05) is 17.7 Å². The lowest BCUT2D eigenvalue weighted by atomic mass is 10.1. The van der Waals surface area contributed by atoms with Crippen LogP contribution in [0.2, 0.25) is 5.02 Å². The van der Waals surface area contributed by atoms with Gasteiger partial charge in [-0.15, -0.1) is 0 Å². The molecule has 0 saturated carbocycles. The van der Waals surface area contributed by atoms with Crippen LogP contribution in [0.3, 0.4) is 0 Å². The molecule has 122 valence electrons. The first-order valence-corrected chi connectivity index (χ1v) is 8.27. The topological polar surface area (TPSA) is 30.4 Å². The summed E-state index contributed by atoms with van der Waals surface area (Å²) >= 11 is 6.18. The van der Waals surface area contributed by atoms with Crippen molar-refractivity contribution in [3.63, 3.8) is 0 Å². The van der Waals surface area contributed by atoms with Crippen LogP contribution in [0.15, 0.2) is 70.2 Å². The Hall–Kier alpha value is -2.85. The van der Waals surface area contributed by atoms with Gasteiger partial charge in [0.1, 0.15) is 17.1 Å². The molecule has 0 atom stereocenters. The Balaban J connectivity index is 1.72. The molecular weight excluding hydrogens is 339 g/mol. The Morgan fingerprint density at radius 2 is 2.00 bits per heavy atom. The molecule has 5 rings (SSSR count). The normalized spacial score (nSPS) is 13.3. The zero-order valence-electron chi connectivity index (χ0n) is 13.0. The molecule has 0 fully saturated rings. The van der Waals surface area contributed by atoms with Crippen molar-refractivity contribution in [2.45, 2.75) is 6.54 Å². The summed E-state index contributed by atoms with van der Waals surface area (Å²) < 4.78 is 21.5. The molecule has 25 heavy (non-hydrogen) atoms. The highest BCUT2D eigenvalue weighted by Gasteiger charge is 2.21. The molecule has 0 unspecified atom stereocenters. The summed E-state index contributed by atoms with van der Waals surface area (Å²) in [5.41, 5.74) is 4.39. The molecule has 0 aliphatic carbocycles. The number of nitrogens with zero attached hydrogens (tertiary/aromatic N) is 2. The highest BCUT2D eigenvalue weighted by Crippen LogP contribution is 2.29. The molecule has 2 aromatic carbocycles. The van der Waals surface area contributed by atoms with Gasteiger partial charge in [0.15, 0.2) is 5.76 Å². The van der Waals surface area contributed by atoms with Crippen LogP contribution in [0.1, 0.15) is 17.0 Å². The Bertz CT molecular complexity index is 1160. The number of aromatic nitrogens is 1. The number of furan rings is 1. The minimum atomic E-state index is -0.284. The Kier molecular flexibility index (Phi) is 3.09. The van der Waals surface area contributed by atoms with E-state index in [2.05, 4.69) is 4.57 Å². The molecular formula is C20H12ClFN2O. The van der Waals surface area contributed by atoms with Gasteiger partial charge in [0.05, 0.1) is 17.9 Å². The van der Waals surface area contributed by atoms with Crippen LogP contribution in [0.4, 0.5) is 4.39 Å². The van der Waals surface area contributed by atoms with Crippen molar-refractivity contribution in [3.8, 4) is 5.69 Å². The molecule has 0 bridgehead atoms. The average molecular weight is 351 g/mol. The fourth-order valence-corrected chi connectivity index (χ4v) is 3.43. The molecule has 0 saturated heterocycles. The maximum Gasteiger partial charge on any atom is 0.155 e. The van der Waals surface area contributed by atoms with E-state index in [1.165, 1.54) is 12.1 Å². The van der Waals surface area contributed by atoms with Gasteiger partial charge in [0.25, 0.3) is 0 Å². The van der Waals surface area contributed by atoms with Crippen LogP contribution in [0.5, 0.6) is 0 Å². The van der Waals surface area contributed by atoms with E-state index < -0.39 is 0 Å². The van der Waals surface area contributed by atoms with Crippen LogP contribution in [-0.2, 0) is 6.54 Å². The van der Waals surface area contributed by atoms with E-state index >= 15 is 0 Å². The van der Waals surface area contributed by atoms with E-state index in [1.54, 1.807) is 6.07 Å². The van der Waals surface area contributed by atoms with Gasteiger partial charge in [0.2, 0.25) is 0 Å². The molecule has 0 radical (unpaired) electrons. The molecule has 3 nitrogen and oxygen atoms in total. The summed E-state index contributed by atoms with van der Waals surface area (Å²) in [6, 6.07) is 16.1. The lowest BCUT2D eigenvalue weighted by Crippen LogP contribution is -2.07. The van der Waals surface area contributed by atoms with Crippen LogP contribution < -0.4 is 0 Å². The lowest BCUT2D eigenvalue weighted by molar-refractivity contribution is 0.600. The number of hydrogen-bond donors (Lipinski definition) is 0. The van der Waals surface area contributed by atoms with E-state index in [0.29, 0.717) is 22.9 Å². The quantitative estimate of drug-likeness (QED) is 0.454. The fraction of sp³-hybridized carbons (Fsp3) is 0.0500. The summed E-state index contributed by atoms with van der Waals surface area (Å²) in [4.78, 5) is 4.76. The predicted octanol–water partition coefficient (Wildman–Crippen LogP) is 5.37. The van der Waals surface area contributed by atoms with Gasteiger partial charge in [-0.2, -0.15) is 0 Å². The summed E-state index contributed by atoms with van der Waals surface area (Å²) in [6.07, 6.45) is 1.98. The van der Waals surface area contributed by atoms with Crippen molar-refractivity contribution in [1.82, 2.24) is 4.57 Å². The third-order valence-corrected chi connectivity index (χ3v) is 4.65. The third-order valence-electron chi connectivity index (χ3n) is 4.42. The average Bonchev–Trinajstić information content (AvgIpc) is 3.20. The van der Waals surface area contributed by atoms with Gasteiger partial charge in [-0.05, 0) is 54.1 Å². The van der Waals surface area contributed by atoms with E-state index in [-0.39, 0.29) is 5.82 Å². The smallest absolute Gasteiger partial charge is 0.155 e.